The van der Waals surface area contributed by atoms with Crippen molar-refractivity contribution in [1.29, 1.82) is 0 Å². The van der Waals surface area contributed by atoms with Crippen molar-refractivity contribution in [2.45, 2.75) is 31.5 Å². The first kappa shape index (κ1) is 14.1. The quantitative estimate of drug-likeness (QED) is 0.919. The molecule has 0 saturated carbocycles. The average Bonchev–Trinajstić information content (AvgIpc) is 3.06. The molecule has 0 bridgehead atoms. The molecule has 4 heteroatoms. The van der Waals surface area contributed by atoms with E-state index in [1.165, 1.54) is 5.56 Å². The number of ether oxygens (including phenoxy) is 1. The average molecular weight is 308 g/mol. The number of likely N-dealkylation sites (tertiary alicyclic amines) is 1. The summed E-state index contributed by atoms with van der Waals surface area (Å²) in [6.45, 7) is 3.25. The molecule has 118 valence electrons. The van der Waals surface area contributed by atoms with E-state index in [0.717, 1.165) is 24.2 Å². The summed E-state index contributed by atoms with van der Waals surface area (Å²) in [5.41, 5.74) is 3.39. The van der Waals surface area contributed by atoms with Crippen molar-refractivity contribution in [2.24, 2.45) is 0 Å². The summed E-state index contributed by atoms with van der Waals surface area (Å²) in [7, 11) is 0. The summed E-state index contributed by atoms with van der Waals surface area (Å²) in [5.74, 6) is 0. The van der Waals surface area contributed by atoms with Gasteiger partial charge in [0.1, 0.15) is 12.8 Å². The summed E-state index contributed by atoms with van der Waals surface area (Å²) in [5, 5.41) is 3.49. The highest BCUT2D eigenvalue weighted by atomic mass is 16.6. The van der Waals surface area contributed by atoms with E-state index < -0.39 is 0 Å². The number of nitrogens with one attached hydrogen (secondary N) is 1. The van der Waals surface area contributed by atoms with Gasteiger partial charge < -0.3 is 10.1 Å². The molecular weight excluding hydrogens is 288 g/mol. The standard InChI is InChI=1S/C19H20N2O2/c1-19-11-12-21(17(19)20-16-10-6-5-9-15(16)19)18(22)23-13-14-7-3-2-4-8-14/h2-10,17,20H,11-13H2,1H3/t17-,19-/m1/s1. The summed E-state index contributed by atoms with van der Waals surface area (Å²) < 4.78 is 5.51. The maximum absolute atomic E-state index is 12.5. The largest absolute Gasteiger partial charge is 0.444 e. The fraction of sp³-hybridized carbons (Fsp3) is 0.316. The zero-order valence-electron chi connectivity index (χ0n) is 13.2. The lowest BCUT2D eigenvalue weighted by Gasteiger charge is -2.28. The van der Waals surface area contributed by atoms with Gasteiger partial charge in [-0.25, -0.2) is 4.79 Å². The molecule has 2 heterocycles. The van der Waals surface area contributed by atoms with Crippen molar-refractivity contribution in [1.82, 2.24) is 4.90 Å². The fourth-order valence-electron chi connectivity index (χ4n) is 3.73. The van der Waals surface area contributed by atoms with Crippen molar-refractivity contribution < 1.29 is 9.53 Å². The molecule has 23 heavy (non-hydrogen) atoms. The van der Waals surface area contributed by atoms with E-state index in [1.54, 1.807) is 0 Å². The van der Waals surface area contributed by atoms with Crippen LogP contribution in [0.15, 0.2) is 54.6 Å². The van der Waals surface area contributed by atoms with E-state index >= 15 is 0 Å². The lowest BCUT2D eigenvalue weighted by Crippen LogP contribution is -2.45. The third-order valence-electron chi connectivity index (χ3n) is 5.06. The highest BCUT2D eigenvalue weighted by molar-refractivity contribution is 5.73. The molecule has 1 N–H and O–H groups in total. The Morgan fingerprint density at radius 2 is 1.96 bits per heavy atom. The van der Waals surface area contributed by atoms with Gasteiger partial charge in [0.05, 0.1) is 0 Å². The number of rotatable bonds is 2. The topological polar surface area (TPSA) is 41.6 Å². The van der Waals surface area contributed by atoms with Crippen LogP contribution in [0.2, 0.25) is 0 Å². The molecule has 4 nitrogen and oxygen atoms in total. The third-order valence-corrected chi connectivity index (χ3v) is 5.06. The lowest BCUT2D eigenvalue weighted by atomic mass is 9.81. The Bertz CT molecular complexity index is 731. The molecule has 0 unspecified atom stereocenters. The molecule has 2 aromatic carbocycles. The van der Waals surface area contributed by atoms with Gasteiger partial charge in [-0.05, 0) is 23.6 Å². The second-order valence-corrected chi connectivity index (χ2v) is 6.49. The Labute approximate surface area is 136 Å². The summed E-state index contributed by atoms with van der Waals surface area (Å²) in [6.07, 6.45) is 0.674. The minimum atomic E-state index is -0.247. The van der Waals surface area contributed by atoms with Crippen LogP contribution in [0.3, 0.4) is 0 Å². The number of hydrogen-bond acceptors (Lipinski definition) is 3. The van der Waals surface area contributed by atoms with Crippen LogP contribution in [0.5, 0.6) is 0 Å². The number of nitrogens with zero attached hydrogens (tertiary/aromatic N) is 1. The molecule has 2 aliphatic heterocycles. The Morgan fingerprint density at radius 3 is 2.78 bits per heavy atom. The monoisotopic (exact) mass is 308 g/mol. The van der Waals surface area contributed by atoms with E-state index in [2.05, 4.69) is 30.4 Å². The normalized spacial score (nSPS) is 24.7. The van der Waals surface area contributed by atoms with Crippen molar-refractivity contribution >= 4 is 11.8 Å². The zero-order valence-corrected chi connectivity index (χ0v) is 13.2. The van der Waals surface area contributed by atoms with Crippen LogP contribution in [-0.2, 0) is 16.8 Å². The minimum Gasteiger partial charge on any atom is -0.444 e. The predicted molar refractivity (Wildman–Crippen MR) is 89.2 cm³/mol. The molecule has 2 aromatic rings. The minimum absolute atomic E-state index is 0.0248. The number of amides is 1. The second kappa shape index (κ2) is 5.30. The Morgan fingerprint density at radius 1 is 1.22 bits per heavy atom. The molecule has 1 fully saturated rings. The van der Waals surface area contributed by atoms with Gasteiger partial charge in [-0.15, -0.1) is 0 Å². The van der Waals surface area contributed by atoms with Gasteiger partial charge in [0.25, 0.3) is 0 Å². The van der Waals surface area contributed by atoms with E-state index in [1.807, 2.05) is 41.3 Å². The first-order valence-electron chi connectivity index (χ1n) is 8.02. The van der Waals surface area contributed by atoms with E-state index in [4.69, 9.17) is 4.74 Å². The number of para-hydroxylation sites is 1. The van der Waals surface area contributed by atoms with E-state index in [9.17, 15) is 4.79 Å². The summed E-state index contributed by atoms with van der Waals surface area (Å²) in [6, 6.07) is 18.1. The first-order valence-corrected chi connectivity index (χ1v) is 8.02. The maximum atomic E-state index is 12.5. The smallest absolute Gasteiger partial charge is 0.411 e. The van der Waals surface area contributed by atoms with Gasteiger partial charge in [-0.2, -0.15) is 0 Å². The Kier molecular flexibility index (Phi) is 3.26. The zero-order chi connectivity index (χ0) is 15.9. The molecule has 4 rings (SSSR count). The number of carbonyl (C=O) groups excluding carboxylic acids is 1. The number of carbonyl (C=O) groups is 1. The van der Waals surface area contributed by atoms with Crippen molar-refractivity contribution in [2.75, 3.05) is 11.9 Å². The van der Waals surface area contributed by atoms with Gasteiger partial charge in [0, 0.05) is 17.6 Å². The van der Waals surface area contributed by atoms with Crippen molar-refractivity contribution in [3.8, 4) is 0 Å². The number of hydrogen-bond donors (Lipinski definition) is 1. The Hall–Kier alpha value is -2.49. The molecule has 2 atom stereocenters. The van der Waals surface area contributed by atoms with Crippen LogP contribution in [0, 0.1) is 0 Å². The predicted octanol–water partition coefficient (Wildman–Crippen LogP) is 3.74. The van der Waals surface area contributed by atoms with Crippen molar-refractivity contribution in [3.05, 3.63) is 65.7 Å². The van der Waals surface area contributed by atoms with Gasteiger partial charge >= 0.3 is 6.09 Å². The molecular formula is C19H20N2O2. The van der Waals surface area contributed by atoms with Crippen LogP contribution >= 0.6 is 0 Å². The molecule has 0 spiro atoms. The van der Waals surface area contributed by atoms with Gasteiger partial charge in [-0.3, -0.25) is 4.90 Å². The second-order valence-electron chi connectivity index (χ2n) is 6.49. The van der Waals surface area contributed by atoms with E-state index in [0.29, 0.717) is 6.61 Å². The van der Waals surface area contributed by atoms with Crippen LogP contribution in [0.4, 0.5) is 10.5 Å². The SMILES string of the molecule is C[C@]12CCN(C(=O)OCc3ccccc3)[C@H]1Nc1ccccc12. The third kappa shape index (κ3) is 2.25. The van der Waals surface area contributed by atoms with Gasteiger partial charge in [-0.1, -0.05) is 55.5 Å². The number of anilines is 1. The first-order chi connectivity index (χ1) is 11.2. The van der Waals surface area contributed by atoms with Crippen LogP contribution in [0.25, 0.3) is 0 Å². The number of benzene rings is 2. The maximum Gasteiger partial charge on any atom is 0.411 e. The molecule has 0 aromatic heterocycles. The van der Waals surface area contributed by atoms with Crippen molar-refractivity contribution in [3.63, 3.8) is 0 Å². The van der Waals surface area contributed by atoms with Crippen LogP contribution < -0.4 is 5.32 Å². The lowest BCUT2D eigenvalue weighted by molar-refractivity contribution is 0.0923. The highest BCUT2D eigenvalue weighted by Gasteiger charge is 2.52. The fourth-order valence-corrected chi connectivity index (χ4v) is 3.73. The summed E-state index contributed by atoms with van der Waals surface area (Å²) in [4.78, 5) is 14.3. The van der Waals surface area contributed by atoms with Crippen LogP contribution in [-0.4, -0.2) is 23.7 Å². The van der Waals surface area contributed by atoms with E-state index in [-0.39, 0.29) is 17.7 Å². The van der Waals surface area contributed by atoms with Gasteiger partial charge in [0.2, 0.25) is 0 Å². The summed E-state index contributed by atoms with van der Waals surface area (Å²) >= 11 is 0. The Balaban J connectivity index is 1.48. The van der Waals surface area contributed by atoms with Gasteiger partial charge in [0.15, 0.2) is 0 Å². The molecule has 0 radical (unpaired) electrons. The number of fused-ring (bicyclic) bond motifs is 3. The molecule has 1 saturated heterocycles. The highest BCUT2D eigenvalue weighted by Crippen LogP contribution is 2.48. The molecule has 1 amide bonds. The molecule has 0 aliphatic carbocycles. The molecule has 2 aliphatic rings. The van der Waals surface area contributed by atoms with Crippen LogP contribution in [0.1, 0.15) is 24.5 Å².